The minimum atomic E-state index is -0.668. The Bertz CT molecular complexity index is 685. The molecule has 0 amide bonds. The maximum Gasteiger partial charge on any atom is 0.316 e. The van der Waals surface area contributed by atoms with E-state index in [0.29, 0.717) is 13.0 Å². The summed E-state index contributed by atoms with van der Waals surface area (Å²) in [7, 11) is 0. The molecule has 0 saturated heterocycles. The summed E-state index contributed by atoms with van der Waals surface area (Å²) in [6.45, 7) is 3.53. The van der Waals surface area contributed by atoms with Crippen LogP contribution in [0.15, 0.2) is 60.7 Å². The van der Waals surface area contributed by atoms with Crippen molar-refractivity contribution in [3.63, 3.8) is 0 Å². The van der Waals surface area contributed by atoms with Crippen LogP contribution in [0.2, 0.25) is 0 Å². The third-order valence-electron chi connectivity index (χ3n) is 4.24. The van der Waals surface area contributed by atoms with Crippen LogP contribution in [-0.4, -0.2) is 18.4 Å². The Morgan fingerprint density at radius 3 is 2.15 bits per heavy atom. The van der Waals surface area contributed by atoms with Gasteiger partial charge in [0.25, 0.3) is 0 Å². The Labute approximate surface area is 160 Å². The van der Waals surface area contributed by atoms with Gasteiger partial charge in [-0.1, -0.05) is 60.7 Å². The number of esters is 1. The lowest BCUT2D eigenvalue weighted by molar-refractivity contribution is -0.151. The van der Waals surface area contributed by atoms with Crippen molar-refractivity contribution in [3.8, 4) is 0 Å². The van der Waals surface area contributed by atoms with E-state index in [1.54, 1.807) is 6.92 Å². The first-order valence-corrected chi connectivity index (χ1v) is 10.0. The van der Waals surface area contributed by atoms with E-state index in [1.165, 1.54) is 18.1 Å². The molecule has 0 saturated carbocycles. The van der Waals surface area contributed by atoms with Crippen LogP contribution in [-0.2, 0) is 20.1 Å². The van der Waals surface area contributed by atoms with Gasteiger partial charge in [-0.05, 0) is 37.8 Å². The van der Waals surface area contributed by atoms with E-state index in [1.807, 2.05) is 48.2 Å². The highest BCUT2D eigenvalue weighted by Crippen LogP contribution is 2.36. The Kier molecular flexibility index (Phi) is 8.42. The Morgan fingerprint density at radius 1 is 0.962 bits per heavy atom. The molecule has 0 spiro atoms. The molecule has 138 valence electrons. The molecule has 0 aliphatic carbocycles. The van der Waals surface area contributed by atoms with E-state index < -0.39 is 11.9 Å². The zero-order valence-corrected chi connectivity index (χ0v) is 16.2. The van der Waals surface area contributed by atoms with E-state index in [0.717, 1.165) is 12.2 Å². The zero-order chi connectivity index (χ0) is 18.8. The van der Waals surface area contributed by atoms with Gasteiger partial charge in [0, 0.05) is 11.0 Å². The normalized spacial score (nSPS) is 13.0. The van der Waals surface area contributed by atoms with Gasteiger partial charge in [0.2, 0.25) is 0 Å². The highest BCUT2D eigenvalue weighted by molar-refractivity contribution is 7.98. The molecule has 2 aromatic rings. The molecule has 0 aromatic heterocycles. The standard InChI is InChI=1S/C22H26O3S/c1-3-25-22(24)20(17(2)23)14-15-21(19-12-8-5-9-13-19)26-16-18-10-6-4-7-11-18/h4-13,20-21H,3,14-16H2,1-2H3. The zero-order valence-electron chi connectivity index (χ0n) is 15.4. The Hall–Kier alpha value is -2.07. The fraction of sp³-hybridized carbons (Fsp3) is 0.364. The average molecular weight is 371 g/mol. The van der Waals surface area contributed by atoms with Crippen LogP contribution in [0.25, 0.3) is 0 Å². The van der Waals surface area contributed by atoms with E-state index in [9.17, 15) is 9.59 Å². The highest BCUT2D eigenvalue weighted by Gasteiger charge is 2.26. The number of carbonyl (C=O) groups excluding carboxylic acids is 2. The minimum absolute atomic E-state index is 0.122. The number of ether oxygens (including phenoxy) is 1. The third kappa shape index (κ3) is 6.34. The van der Waals surface area contributed by atoms with Crippen LogP contribution in [0.4, 0.5) is 0 Å². The monoisotopic (exact) mass is 370 g/mol. The topological polar surface area (TPSA) is 43.4 Å². The van der Waals surface area contributed by atoms with Gasteiger partial charge in [0.1, 0.15) is 11.7 Å². The summed E-state index contributed by atoms with van der Waals surface area (Å²) >= 11 is 1.84. The van der Waals surface area contributed by atoms with E-state index in [2.05, 4.69) is 24.3 Å². The summed E-state index contributed by atoms with van der Waals surface area (Å²) < 4.78 is 5.07. The van der Waals surface area contributed by atoms with E-state index in [4.69, 9.17) is 4.74 Å². The molecule has 0 N–H and O–H groups in total. The molecule has 2 rings (SSSR count). The fourth-order valence-corrected chi connectivity index (χ4v) is 4.07. The molecular formula is C22H26O3S. The highest BCUT2D eigenvalue weighted by atomic mass is 32.2. The third-order valence-corrected chi connectivity index (χ3v) is 5.65. The SMILES string of the molecule is CCOC(=O)C(CCC(SCc1ccccc1)c1ccccc1)C(C)=O. The Balaban J connectivity index is 2.06. The van der Waals surface area contributed by atoms with Gasteiger partial charge in [-0.25, -0.2) is 0 Å². The fourth-order valence-electron chi connectivity index (χ4n) is 2.83. The molecule has 0 radical (unpaired) electrons. The Morgan fingerprint density at radius 2 is 1.58 bits per heavy atom. The molecule has 26 heavy (non-hydrogen) atoms. The quantitative estimate of drug-likeness (QED) is 0.425. The predicted octanol–water partition coefficient (Wildman–Crippen LogP) is 5.21. The van der Waals surface area contributed by atoms with Crippen LogP contribution >= 0.6 is 11.8 Å². The molecule has 0 aliphatic heterocycles. The second kappa shape index (κ2) is 10.8. The van der Waals surface area contributed by atoms with Crippen molar-refractivity contribution >= 4 is 23.5 Å². The van der Waals surface area contributed by atoms with Crippen molar-refractivity contribution in [2.75, 3.05) is 6.61 Å². The number of hydrogen-bond donors (Lipinski definition) is 0. The molecular weight excluding hydrogens is 344 g/mol. The number of rotatable bonds is 10. The number of benzene rings is 2. The van der Waals surface area contributed by atoms with Crippen molar-refractivity contribution < 1.29 is 14.3 Å². The van der Waals surface area contributed by atoms with Crippen molar-refractivity contribution in [3.05, 3.63) is 71.8 Å². The van der Waals surface area contributed by atoms with Crippen LogP contribution in [0.1, 0.15) is 43.1 Å². The van der Waals surface area contributed by atoms with Gasteiger partial charge >= 0.3 is 5.97 Å². The van der Waals surface area contributed by atoms with Gasteiger partial charge in [-0.2, -0.15) is 0 Å². The summed E-state index contributed by atoms with van der Waals surface area (Å²) in [6.07, 6.45) is 1.26. The number of Topliss-reactive ketones (excluding diaryl/α,β-unsaturated/α-hetero) is 1. The number of thioether (sulfide) groups is 1. The second-order valence-electron chi connectivity index (χ2n) is 6.19. The molecule has 2 atom stereocenters. The molecule has 2 unspecified atom stereocenters. The maximum atomic E-state index is 12.1. The maximum absolute atomic E-state index is 12.1. The van der Waals surface area contributed by atoms with Crippen LogP contribution in [0.5, 0.6) is 0 Å². The first-order chi connectivity index (χ1) is 12.6. The largest absolute Gasteiger partial charge is 0.465 e. The summed E-state index contributed by atoms with van der Waals surface area (Å²) in [6, 6.07) is 20.6. The molecule has 4 heteroatoms. The molecule has 0 aliphatic rings. The molecule has 0 heterocycles. The van der Waals surface area contributed by atoms with Crippen molar-refractivity contribution in [2.24, 2.45) is 5.92 Å². The lowest BCUT2D eigenvalue weighted by Gasteiger charge is -2.20. The molecule has 3 nitrogen and oxygen atoms in total. The van der Waals surface area contributed by atoms with Crippen molar-refractivity contribution in [2.45, 2.75) is 37.7 Å². The molecule has 0 fully saturated rings. The van der Waals surface area contributed by atoms with Crippen LogP contribution < -0.4 is 0 Å². The first kappa shape index (κ1) is 20.2. The van der Waals surface area contributed by atoms with Crippen LogP contribution in [0.3, 0.4) is 0 Å². The second-order valence-corrected chi connectivity index (χ2v) is 7.38. The smallest absolute Gasteiger partial charge is 0.316 e. The number of ketones is 1. The predicted molar refractivity (Wildman–Crippen MR) is 107 cm³/mol. The summed E-state index contributed by atoms with van der Waals surface area (Å²) in [4.78, 5) is 23.9. The minimum Gasteiger partial charge on any atom is -0.465 e. The number of carbonyl (C=O) groups is 2. The first-order valence-electron chi connectivity index (χ1n) is 8.99. The summed E-state index contributed by atoms with van der Waals surface area (Å²) in [5.41, 5.74) is 2.49. The van der Waals surface area contributed by atoms with Gasteiger partial charge in [-0.15, -0.1) is 11.8 Å². The van der Waals surface area contributed by atoms with Crippen molar-refractivity contribution in [1.29, 1.82) is 0 Å². The van der Waals surface area contributed by atoms with Gasteiger partial charge in [-0.3, -0.25) is 9.59 Å². The summed E-state index contributed by atoms with van der Waals surface area (Å²) in [5, 5.41) is 0.229. The van der Waals surface area contributed by atoms with Crippen LogP contribution in [0, 0.1) is 5.92 Å². The summed E-state index contributed by atoms with van der Waals surface area (Å²) in [5.74, 6) is -0.299. The lowest BCUT2D eigenvalue weighted by Crippen LogP contribution is -2.24. The number of hydrogen-bond acceptors (Lipinski definition) is 4. The van der Waals surface area contributed by atoms with Gasteiger partial charge in [0.05, 0.1) is 6.61 Å². The van der Waals surface area contributed by atoms with Gasteiger partial charge in [0.15, 0.2) is 0 Å². The molecule has 2 aromatic carbocycles. The van der Waals surface area contributed by atoms with Crippen molar-refractivity contribution in [1.82, 2.24) is 0 Å². The average Bonchev–Trinajstić information content (AvgIpc) is 2.66. The molecule has 0 bridgehead atoms. The van der Waals surface area contributed by atoms with E-state index in [-0.39, 0.29) is 11.0 Å². The van der Waals surface area contributed by atoms with E-state index >= 15 is 0 Å². The van der Waals surface area contributed by atoms with Gasteiger partial charge < -0.3 is 4.74 Å². The lowest BCUT2D eigenvalue weighted by atomic mass is 9.96.